The van der Waals surface area contributed by atoms with E-state index in [1.807, 2.05) is 0 Å². The number of fused-ring (bicyclic) bond motifs is 5. The summed E-state index contributed by atoms with van der Waals surface area (Å²) < 4.78 is 6.58. The summed E-state index contributed by atoms with van der Waals surface area (Å²) in [5.41, 5.74) is 7.31. The first-order chi connectivity index (χ1) is 20.3. The second-order valence-electron chi connectivity index (χ2n) is 10.8. The molecule has 0 N–H and O–H groups in total. The maximum Gasteiger partial charge on any atom is 0.135 e. The highest BCUT2D eigenvalue weighted by atomic mass is 16.5. The number of hydrogen-bond donors (Lipinski definition) is 0. The molecular weight excluding hydrogens is 496 g/mol. The van der Waals surface area contributed by atoms with E-state index in [0.717, 1.165) is 22.6 Å². The van der Waals surface area contributed by atoms with Crippen LogP contribution >= 0.6 is 0 Å². The molecule has 0 bridgehead atoms. The van der Waals surface area contributed by atoms with Crippen molar-refractivity contribution in [2.24, 2.45) is 0 Å². The highest BCUT2D eigenvalue weighted by Gasteiger charge is 2.22. The van der Waals surface area contributed by atoms with Crippen LogP contribution < -0.4 is 4.74 Å². The molecule has 1 aliphatic rings. The Morgan fingerprint density at radius 1 is 0.341 bits per heavy atom. The molecule has 0 radical (unpaired) electrons. The average Bonchev–Trinajstić information content (AvgIpc) is 3.03. The van der Waals surface area contributed by atoms with Gasteiger partial charge in [-0.25, -0.2) is 0 Å². The van der Waals surface area contributed by atoms with Crippen LogP contribution in [0.2, 0.25) is 0 Å². The van der Waals surface area contributed by atoms with E-state index in [1.165, 1.54) is 65.3 Å². The molecule has 0 saturated heterocycles. The van der Waals surface area contributed by atoms with Crippen molar-refractivity contribution in [2.45, 2.75) is 0 Å². The van der Waals surface area contributed by atoms with Crippen molar-refractivity contribution in [1.29, 1.82) is 0 Å². The third kappa shape index (κ3) is 3.24. The topological polar surface area (TPSA) is 9.23 Å². The summed E-state index contributed by atoms with van der Waals surface area (Å²) >= 11 is 0. The molecule has 41 heavy (non-hydrogen) atoms. The first-order valence-corrected chi connectivity index (χ1v) is 14.1. The molecule has 1 nitrogen and oxygen atoms in total. The predicted molar refractivity (Wildman–Crippen MR) is 173 cm³/mol. The number of hydrogen-bond acceptors (Lipinski definition) is 1. The van der Waals surface area contributed by atoms with Gasteiger partial charge in [0.15, 0.2) is 0 Å². The highest BCUT2D eigenvalue weighted by Crippen LogP contribution is 2.50. The van der Waals surface area contributed by atoms with E-state index in [0.29, 0.717) is 0 Å². The molecule has 1 heteroatoms. The van der Waals surface area contributed by atoms with Crippen molar-refractivity contribution < 1.29 is 4.74 Å². The van der Waals surface area contributed by atoms with Gasteiger partial charge in [-0.2, -0.15) is 0 Å². The first-order valence-electron chi connectivity index (χ1n) is 14.1. The minimum atomic E-state index is 0.903. The van der Waals surface area contributed by atoms with Gasteiger partial charge in [0.2, 0.25) is 0 Å². The molecule has 9 rings (SSSR count). The van der Waals surface area contributed by atoms with Crippen LogP contribution in [0.5, 0.6) is 11.5 Å². The Hall–Kier alpha value is -5.40. The smallest absolute Gasteiger partial charge is 0.135 e. The van der Waals surface area contributed by atoms with Gasteiger partial charge in [0.25, 0.3) is 0 Å². The third-order valence-electron chi connectivity index (χ3n) is 8.64. The van der Waals surface area contributed by atoms with Gasteiger partial charge in [0, 0.05) is 10.9 Å². The maximum atomic E-state index is 6.58. The second kappa shape index (κ2) is 8.55. The van der Waals surface area contributed by atoms with Gasteiger partial charge < -0.3 is 4.74 Å². The van der Waals surface area contributed by atoms with Crippen molar-refractivity contribution in [2.75, 3.05) is 0 Å². The number of ether oxygens (including phenoxy) is 1. The molecular formula is C40H24O. The van der Waals surface area contributed by atoms with E-state index in [2.05, 4.69) is 146 Å². The molecule has 0 saturated carbocycles. The van der Waals surface area contributed by atoms with E-state index in [9.17, 15) is 0 Å². The molecule has 0 aromatic heterocycles. The van der Waals surface area contributed by atoms with Crippen LogP contribution in [0.25, 0.3) is 76.5 Å². The molecule has 8 aromatic rings. The van der Waals surface area contributed by atoms with Gasteiger partial charge in [0.05, 0.1) is 0 Å². The normalized spacial score (nSPS) is 12.1. The van der Waals surface area contributed by atoms with Crippen LogP contribution in [-0.4, -0.2) is 0 Å². The lowest BCUT2D eigenvalue weighted by Gasteiger charge is -2.23. The summed E-state index contributed by atoms with van der Waals surface area (Å²) in [6.45, 7) is 0. The minimum Gasteiger partial charge on any atom is -0.456 e. The van der Waals surface area contributed by atoms with Crippen molar-refractivity contribution >= 4 is 43.1 Å². The standard InChI is InChI=1S/C40H24O/c1-2-14-28-25(10-1)11-7-19-30(28)40-34-17-5-3-15-32(34)38(33-16-4-6-18-35(33)40)27-22-23-29-31-20-8-12-26-13-9-21-36(39(26)31)41-37(29)24-27/h1-24H. The summed E-state index contributed by atoms with van der Waals surface area (Å²) in [5, 5.41) is 9.91. The van der Waals surface area contributed by atoms with Gasteiger partial charge in [0.1, 0.15) is 11.5 Å². The van der Waals surface area contributed by atoms with Gasteiger partial charge in [-0.3, -0.25) is 0 Å². The summed E-state index contributed by atoms with van der Waals surface area (Å²) in [4.78, 5) is 0. The fourth-order valence-electron chi connectivity index (χ4n) is 6.89. The molecule has 0 spiro atoms. The van der Waals surface area contributed by atoms with E-state index in [4.69, 9.17) is 4.74 Å². The van der Waals surface area contributed by atoms with Crippen molar-refractivity contribution in [3.05, 3.63) is 146 Å². The SMILES string of the molecule is c1ccc2c(-c3c4ccccc4c(-c4ccc5c(c4)Oc4cccc6cccc-5c46)c4ccccc34)cccc2c1. The van der Waals surface area contributed by atoms with Crippen LogP contribution in [0.4, 0.5) is 0 Å². The molecule has 1 heterocycles. The monoisotopic (exact) mass is 520 g/mol. The average molecular weight is 521 g/mol. The molecule has 0 aliphatic carbocycles. The van der Waals surface area contributed by atoms with Gasteiger partial charge >= 0.3 is 0 Å². The summed E-state index contributed by atoms with van der Waals surface area (Å²) in [6.07, 6.45) is 0. The predicted octanol–water partition coefficient (Wildman–Crippen LogP) is 11.4. The number of benzene rings is 8. The Bertz CT molecular complexity index is 2280. The fourth-order valence-corrected chi connectivity index (χ4v) is 6.89. The molecule has 1 aliphatic heterocycles. The van der Waals surface area contributed by atoms with Crippen LogP contribution in [0.15, 0.2) is 146 Å². The molecule has 0 fully saturated rings. The minimum absolute atomic E-state index is 0.903. The van der Waals surface area contributed by atoms with Crippen molar-refractivity contribution in [1.82, 2.24) is 0 Å². The highest BCUT2D eigenvalue weighted by molar-refractivity contribution is 6.23. The maximum absolute atomic E-state index is 6.58. The van der Waals surface area contributed by atoms with Gasteiger partial charge in [-0.15, -0.1) is 0 Å². The Morgan fingerprint density at radius 3 is 1.63 bits per heavy atom. The Balaban J connectivity index is 1.35. The Kier molecular flexibility index (Phi) is 4.67. The molecule has 0 unspecified atom stereocenters. The van der Waals surface area contributed by atoms with Crippen molar-refractivity contribution in [3.63, 3.8) is 0 Å². The van der Waals surface area contributed by atoms with Gasteiger partial charge in [-0.1, -0.05) is 127 Å². The van der Waals surface area contributed by atoms with Crippen LogP contribution in [0.1, 0.15) is 0 Å². The lowest BCUT2D eigenvalue weighted by atomic mass is 9.84. The summed E-state index contributed by atoms with van der Waals surface area (Å²) in [5.74, 6) is 1.82. The molecule has 8 aromatic carbocycles. The molecule has 0 atom stereocenters. The summed E-state index contributed by atoms with van der Waals surface area (Å²) in [7, 11) is 0. The Labute approximate surface area is 237 Å². The van der Waals surface area contributed by atoms with Gasteiger partial charge in [-0.05, 0) is 83.7 Å². The fraction of sp³-hybridized carbons (Fsp3) is 0. The van der Waals surface area contributed by atoms with Crippen LogP contribution in [0, 0.1) is 0 Å². The quantitative estimate of drug-likeness (QED) is 0.206. The van der Waals surface area contributed by atoms with E-state index in [-0.39, 0.29) is 0 Å². The summed E-state index contributed by atoms with van der Waals surface area (Å²) in [6, 6.07) is 52.5. The second-order valence-corrected chi connectivity index (χ2v) is 10.8. The zero-order valence-corrected chi connectivity index (χ0v) is 22.3. The first kappa shape index (κ1) is 22.4. The zero-order valence-electron chi connectivity index (χ0n) is 22.3. The van der Waals surface area contributed by atoms with E-state index >= 15 is 0 Å². The molecule has 190 valence electrons. The Morgan fingerprint density at radius 2 is 0.902 bits per heavy atom. The van der Waals surface area contributed by atoms with E-state index < -0.39 is 0 Å². The van der Waals surface area contributed by atoms with Crippen LogP contribution in [0.3, 0.4) is 0 Å². The molecule has 0 amide bonds. The van der Waals surface area contributed by atoms with Crippen molar-refractivity contribution in [3.8, 4) is 44.9 Å². The van der Waals surface area contributed by atoms with Crippen LogP contribution in [-0.2, 0) is 0 Å². The third-order valence-corrected chi connectivity index (χ3v) is 8.64. The lowest BCUT2D eigenvalue weighted by molar-refractivity contribution is 0.487. The number of rotatable bonds is 2. The lowest BCUT2D eigenvalue weighted by Crippen LogP contribution is -1.98. The van der Waals surface area contributed by atoms with E-state index in [1.54, 1.807) is 0 Å². The largest absolute Gasteiger partial charge is 0.456 e. The zero-order chi connectivity index (χ0) is 26.9.